The molecular formula is C20H28BN3O5. The van der Waals surface area contributed by atoms with Gasteiger partial charge in [0.25, 0.3) is 6.20 Å². The first-order valence-corrected chi connectivity index (χ1v) is 9.60. The Morgan fingerprint density at radius 1 is 1.14 bits per heavy atom. The van der Waals surface area contributed by atoms with Crippen molar-refractivity contribution in [3.05, 3.63) is 36.0 Å². The molecule has 0 spiro atoms. The van der Waals surface area contributed by atoms with Crippen LogP contribution in [0.25, 0.3) is 0 Å². The maximum absolute atomic E-state index is 11.7. The summed E-state index contributed by atoms with van der Waals surface area (Å²) in [5.74, 6) is 0.0908. The first-order chi connectivity index (χ1) is 13.3. The highest BCUT2D eigenvalue weighted by molar-refractivity contribution is 6.62. The first kappa shape index (κ1) is 21.3. The second kappa shape index (κ2) is 7.46. The molecule has 2 aromatic rings. The third-order valence-electron chi connectivity index (χ3n) is 4.94. The summed E-state index contributed by atoms with van der Waals surface area (Å²) in [5.41, 5.74) is 0.600. The highest BCUT2D eigenvalue weighted by Gasteiger charge is 2.51. The molecule has 3 rings (SSSR count). The van der Waals surface area contributed by atoms with Crippen molar-refractivity contribution >= 4 is 24.5 Å². The number of benzene rings is 1. The van der Waals surface area contributed by atoms with Crippen LogP contribution in [0.15, 0.2) is 40.0 Å². The second-order valence-electron chi connectivity index (χ2n) is 9.16. The summed E-state index contributed by atoms with van der Waals surface area (Å²) in [6, 6.07) is 7.91. The van der Waals surface area contributed by atoms with E-state index in [0.29, 0.717) is 6.54 Å². The highest BCUT2D eigenvalue weighted by atomic mass is 16.7. The van der Waals surface area contributed by atoms with E-state index in [1.807, 2.05) is 52.0 Å². The van der Waals surface area contributed by atoms with Crippen LogP contribution in [-0.4, -0.2) is 35.3 Å². The van der Waals surface area contributed by atoms with Gasteiger partial charge in [0.15, 0.2) is 6.08 Å². The lowest BCUT2D eigenvalue weighted by Crippen LogP contribution is -2.41. The van der Waals surface area contributed by atoms with Crippen molar-refractivity contribution in [2.75, 3.05) is 0 Å². The molecule has 1 saturated heterocycles. The molecule has 1 aliphatic heterocycles. The molecule has 2 heterocycles. The van der Waals surface area contributed by atoms with E-state index in [4.69, 9.17) is 18.6 Å². The topological polar surface area (TPSA) is 93.0 Å². The Balaban J connectivity index is 1.64. The number of rotatable bonds is 4. The molecule has 0 unspecified atom stereocenters. The predicted octanol–water partition coefficient (Wildman–Crippen LogP) is 1.47. The Labute approximate surface area is 171 Å². The van der Waals surface area contributed by atoms with Crippen molar-refractivity contribution in [3.63, 3.8) is 0 Å². The minimum absolute atomic E-state index is 0.0908. The zero-order chi connectivity index (χ0) is 21.4. The molecule has 1 aromatic heterocycles. The molecule has 1 aromatic carbocycles. The lowest BCUT2D eigenvalue weighted by atomic mass is 9.79. The number of aliphatic imine (C=N–C) groups is 1. The van der Waals surface area contributed by atoms with E-state index < -0.39 is 18.8 Å². The molecule has 0 N–H and O–H groups in total. The van der Waals surface area contributed by atoms with E-state index in [0.717, 1.165) is 11.0 Å². The Bertz CT molecular complexity index is 868. The zero-order valence-electron chi connectivity index (χ0n) is 18.1. The molecule has 1 fully saturated rings. The Morgan fingerprint density at radius 2 is 1.72 bits per heavy atom. The lowest BCUT2D eigenvalue weighted by Gasteiger charge is -2.32. The van der Waals surface area contributed by atoms with Crippen molar-refractivity contribution in [2.45, 2.75) is 71.8 Å². The van der Waals surface area contributed by atoms with Gasteiger partial charge in [-0.25, -0.2) is 0 Å². The Hall–Kier alpha value is -2.39. The van der Waals surface area contributed by atoms with Gasteiger partial charge in [0, 0.05) is 11.2 Å². The summed E-state index contributed by atoms with van der Waals surface area (Å²) >= 11 is 0. The molecule has 0 bridgehead atoms. The molecule has 0 amide bonds. The second-order valence-corrected chi connectivity index (χ2v) is 9.16. The SMILES string of the molecule is CC(C)(C)OC([O-])=Nc1c[n+](Cc2ccc(B3OC(C)(C)C(C)(C)O3)cc2)no1. The van der Waals surface area contributed by atoms with Crippen LogP contribution in [0, 0.1) is 0 Å². The summed E-state index contributed by atoms with van der Waals surface area (Å²) in [4.78, 5) is 3.76. The van der Waals surface area contributed by atoms with Crippen LogP contribution in [0.3, 0.4) is 0 Å². The number of ether oxygens (including phenoxy) is 1. The van der Waals surface area contributed by atoms with Crippen molar-refractivity contribution in [3.8, 4) is 0 Å². The molecule has 9 heteroatoms. The number of hydrogen-bond acceptors (Lipinski definition) is 7. The van der Waals surface area contributed by atoms with Gasteiger partial charge in [-0.1, -0.05) is 45.0 Å². The normalized spacial score (nSPS) is 18.9. The maximum atomic E-state index is 11.7. The Morgan fingerprint density at radius 3 is 2.28 bits per heavy atom. The third-order valence-corrected chi connectivity index (χ3v) is 4.94. The fourth-order valence-corrected chi connectivity index (χ4v) is 2.71. The lowest BCUT2D eigenvalue weighted by molar-refractivity contribution is -0.754. The average Bonchev–Trinajstić information content (AvgIpc) is 3.07. The van der Waals surface area contributed by atoms with Gasteiger partial charge >= 0.3 is 13.0 Å². The van der Waals surface area contributed by atoms with Gasteiger partial charge in [-0.05, 0) is 37.8 Å². The van der Waals surface area contributed by atoms with Gasteiger partial charge in [0.05, 0.1) is 11.2 Å². The van der Waals surface area contributed by atoms with Gasteiger partial charge in [0.1, 0.15) is 0 Å². The number of nitrogens with zero attached hydrogens (tertiary/aromatic N) is 3. The van der Waals surface area contributed by atoms with E-state index >= 15 is 0 Å². The van der Waals surface area contributed by atoms with E-state index in [1.54, 1.807) is 31.6 Å². The van der Waals surface area contributed by atoms with Gasteiger partial charge < -0.3 is 19.2 Å². The largest absolute Gasteiger partial charge is 0.594 e. The van der Waals surface area contributed by atoms with Crippen molar-refractivity contribution in [2.24, 2.45) is 4.99 Å². The first-order valence-electron chi connectivity index (χ1n) is 9.60. The van der Waals surface area contributed by atoms with Crippen LogP contribution in [-0.2, 0) is 20.6 Å². The minimum atomic E-state index is -0.715. The molecule has 29 heavy (non-hydrogen) atoms. The maximum Gasteiger partial charge on any atom is 0.494 e. The number of aromatic nitrogens is 2. The average molecular weight is 401 g/mol. The highest BCUT2D eigenvalue weighted by Crippen LogP contribution is 2.36. The third kappa shape index (κ3) is 5.16. The zero-order valence-corrected chi connectivity index (χ0v) is 18.1. The molecule has 1 aliphatic rings. The van der Waals surface area contributed by atoms with Crippen LogP contribution in [0.5, 0.6) is 0 Å². The predicted molar refractivity (Wildman–Crippen MR) is 106 cm³/mol. The summed E-state index contributed by atoms with van der Waals surface area (Å²) in [6.07, 6.45) is 0.832. The Kier molecular flexibility index (Phi) is 5.49. The van der Waals surface area contributed by atoms with Crippen LogP contribution < -0.4 is 15.3 Å². The van der Waals surface area contributed by atoms with Gasteiger partial charge in [-0.3, -0.25) is 4.52 Å². The fourth-order valence-electron chi connectivity index (χ4n) is 2.71. The van der Waals surface area contributed by atoms with Crippen LogP contribution in [0.4, 0.5) is 5.88 Å². The fraction of sp³-hybridized carbons (Fsp3) is 0.550. The van der Waals surface area contributed by atoms with Crippen molar-refractivity contribution in [1.29, 1.82) is 0 Å². The van der Waals surface area contributed by atoms with E-state index in [2.05, 4.69) is 10.3 Å². The molecule has 8 nitrogen and oxygen atoms in total. The molecule has 0 saturated carbocycles. The van der Waals surface area contributed by atoms with Crippen molar-refractivity contribution in [1.82, 2.24) is 5.27 Å². The summed E-state index contributed by atoms with van der Waals surface area (Å²) in [7, 11) is -0.395. The van der Waals surface area contributed by atoms with E-state index in [-0.39, 0.29) is 17.1 Å². The smallest absolute Gasteiger partial charge is 0.494 e. The quantitative estimate of drug-likeness (QED) is 0.334. The van der Waals surface area contributed by atoms with Gasteiger partial charge in [-0.2, -0.15) is 4.99 Å². The van der Waals surface area contributed by atoms with Crippen molar-refractivity contribution < 1.29 is 28.4 Å². The number of hydrogen-bond donors (Lipinski definition) is 0. The van der Waals surface area contributed by atoms with E-state index in [9.17, 15) is 5.11 Å². The van der Waals surface area contributed by atoms with Gasteiger partial charge in [-0.15, -0.1) is 0 Å². The monoisotopic (exact) mass is 401 g/mol. The molecular weight excluding hydrogens is 373 g/mol. The summed E-state index contributed by atoms with van der Waals surface area (Å²) < 4.78 is 23.9. The standard InChI is InChI=1S/C20H28BN3O5/c1-18(2,3)26-17(25)22-16-13-24(23-27-16)12-14-8-10-15(11-9-14)21-28-19(4,5)20(6,7)29-21/h8-11,13H,12H2,1-7H3. The summed E-state index contributed by atoms with van der Waals surface area (Å²) in [5, 5.41) is 15.6. The van der Waals surface area contributed by atoms with Gasteiger partial charge in [0.2, 0.25) is 11.8 Å². The summed E-state index contributed by atoms with van der Waals surface area (Å²) in [6.45, 7) is 13.9. The van der Waals surface area contributed by atoms with Crippen LogP contribution in [0.1, 0.15) is 54.0 Å². The molecule has 0 aliphatic carbocycles. The molecule has 0 radical (unpaired) electrons. The minimum Gasteiger partial charge on any atom is -0.594 e. The molecule has 156 valence electrons. The van der Waals surface area contributed by atoms with Crippen LogP contribution in [0.2, 0.25) is 0 Å². The van der Waals surface area contributed by atoms with E-state index in [1.165, 1.54) is 0 Å². The van der Waals surface area contributed by atoms with Crippen LogP contribution >= 0.6 is 0 Å². The molecule has 0 atom stereocenters.